The molecule has 0 fully saturated rings. The predicted octanol–water partition coefficient (Wildman–Crippen LogP) is 1.72. The molecule has 0 spiro atoms. The summed E-state index contributed by atoms with van der Waals surface area (Å²) in [6.45, 7) is 7.36. The maximum absolute atomic E-state index is 11.3. The third-order valence-electron chi connectivity index (χ3n) is 3.02. The molecule has 118 valence electrons. The molecule has 0 aromatic carbocycles. The molecule has 0 radical (unpaired) electrons. The van der Waals surface area contributed by atoms with E-state index in [1.54, 1.807) is 11.8 Å². The molecule has 8 heteroatoms. The summed E-state index contributed by atoms with van der Waals surface area (Å²) in [5.41, 5.74) is 0.267. The van der Waals surface area contributed by atoms with Crippen LogP contribution >= 0.6 is 0 Å². The molecular formula is C13H23N5O3. The lowest BCUT2D eigenvalue weighted by molar-refractivity contribution is -0.385. The van der Waals surface area contributed by atoms with Crippen LogP contribution in [0, 0.1) is 17.0 Å². The van der Waals surface area contributed by atoms with Crippen molar-refractivity contribution >= 4 is 17.5 Å². The molecule has 0 aliphatic heterocycles. The average Bonchev–Trinajstić information content (AvgIpc) is 2.45. The van der Waals surface area contributed by atoms with Crippen LogP contribution in [0.1, 0.15) is 32.4 Å². The number of rotatable bonds is 9. The molecule has 0 bridgehead atoms. The Hall–Kier alpha value is -1.96. The predicted molar refractivity (Wildman–Crippen MR) is 81.8 cm³/mol. The van der Waals surface area contributed by atoms with Crippen LogP contribution in [0.15, 0.2) is 0 Å². The van der Waals surface area contributed by atoms with Crippen LogP contribution in [0.2, 0.25) is 0 Å². The Bertz CT molecular complexity index is 481. The Morgan fingerprint density at radius 2 is 2.10 bits per heavy atom. The minimum Gasteiger partial charge on any atom is -0.396 e. The van der Waals surface area contributed by atoms with E-state index in [2.05, 4.69) is 15.3 Å². The Kier molecular flexibility index (Phi) is 6.80. The topological polar surface area (TPSA) is 104 Å². The van der Waals surface area contributed by atoms with Gasteiger partial charge in [-0.15, -0.1) is 0 Å². The number of aliphatic hydroxyl groups excluding tert-OH is 1. The Labute approximate surface area is 124 Å². The molecule has 0 saturated carbocycles. The van der Waals surface area contributed by atoms with Gasteiger partial charge in [-0.2, -0.15) is 4.98 Å². The van der Waals surface area contributed by atoms with Gasteiger partial charge in [0, 0.05) is 26.2 Å². The van der Waals surface area contributed by atoms with Gasteiger partial charge >= 0.3 is 5.69 Å². The zero-order chi connectivity index (χ0) is 15.8. The van der Waals surface area contributed by atoms with Crippen LogP contribution in [-0.2, 0) is 0 Å². The molecule has 21 heavy (non-hydrogen) atoms. The minimum atomic E-state index is -0.449. The maximum Gasteiger partial charge on any atom is 0.332 e. The second-order valence-electron chi connectivity index (χ2n) is 4.65. The maximum atomic E-state index is 11.3. The average molecular weight is 297 g/mol. The van der Waals surface area contributed by atoms with E-state index >= 15 is 0 Å². The van der Waals surface area contributed by atoms with E-state index in [-0.39, 0.29) is 12.3 Å². The smallest absolute Gasteiger partial charge is 0.332 e. The fraction of sp³-hybridized carbons (Fsp3) is 0.692. The lowest BCUT2D eigenvalue weighted by atomic mass is 10.3. The lowest BCUT2D eigenvalue weighted by Gasteiger charge is -2.22. The molecule has 0 saturated heterocycles. The first-order valence-electron chi connectivity index (χ1n) is 7.17. The van der Waals surface area contributed by atoms with Gasteiger partial charge in [0.05, 0.1) is 4.92 Å². The third kappa shape index (κ3) is 4.52. The van der Waals surface area contributed by atoms with Gasteiger partial charge in [0.1, 0.15) is 5.69 Å². The highest BCUT2D eigenvalue weighted by atomic mass is 16.6. The van der Waals surface area contributed by atoms with Crippen molar-refractivity contribution in [3.8, 4) is 0 Å². The molecular weight excluding hydrogens is 274 g/mol. The van der Waals surface area contributed by atoms with E-state index in [9.17, 15) is 10.1 Å². The number of hydrogen-bond acceptors (Lipinski definition) is 7. The van der Waals surface area contributed by atoms with Gasteiger partial charge in [-0.3, -0.25) is 10.1 Å². The van der Waals surface area contributed by atoms with E-state index in [0.29, 0.717) is 43.5 Å². The Morgan fingerprint density at radius 3 is 2.62 bits per heavy atom. The van der Waals surface area contributed by atoms with Gasteiger partial charge in [0.15, 0.2) is 0 Å². The molecule has 0 aliphatic carbocycles. The van der Waals surface area contributed by atoms with Crippen LogP contribution in [0.5, 0.6) is 0 Å². The fourth-order valence-corrected chi connectivity index (χ4v) is 1.98. The summed E-state index contributed by atoms with van der Waals surface area (Å²) < 4.78 is 0. The summed E-state index contributed by atoms with van der Waals surface area (Å²) >= 11 is 0. The summed E-state index contributed by atoms with van der Waals surface area (Å²) in [5, 5.41) is 23.3. The highest BCUT2D eigenvalue weighted by molar-refractivity contribution is 5.62. The standard InChI is InChI=1S/C13H23N5O3/c1-4-7-14-13-15-10(3)11(18(20)21)12(16-13)17(5-2)8-6-9-19/h19H,4-9H2,1-3H3,(H,14,15,16). The Balaban J connectivity index is 3.21. The Morgan fingerprint density at radius 1 is 1.38 bits per heavy atom. The second-order valence-corrected chi connectivity index (χ2v) is 4.65. The van der Waals surface area contributed by atoms with Crippen molar-refractivity contribution in [2.24, 2.45) is 0 Å². The zero-order valence-corrected chi connectivity index (χ0v) is 12.8. The molecule has 1 rings (SSSR count). The van der Waals surface area contributed by atoms with Crippen molar-refractivity contribution in [1.82, 2.24) is 9.97 Å². The van der Waals surface area contributed by atoms with Crippen molar-refractivity contribution < 1.29 is 10.0 Å². The van der Waals surface area contributed by atoms with Gasteiger partial charge in [-0.05, 0) is 26.7 Å². The number of aryl methyl sites for hydroxylation is 1. The number of anilines is 2. The van der Waals surface area contributed by atoms with Crippen molar-refractivity contribution in [3.63, 3.8) is 0 Å². The summed E-state index contributed by atoms with van der Waals surface area (Å²) in [5.74, 6) is 0.708. The second kappa shape index (κ2) is 8.35. The van der Waals surface area contributed by atoms with E-state index in [1.165, 1.54) is 0 Å². The molecule has 0 amide bonds. The summed E-state index contributed by atoms with van der Waals surface area (Å²) in [7, 11) is 0. The van der Waals surface area contributed by atoms with Gasteiger partial charge in [-0.1, -0.05) is 6.92 Å². The van der Waals surface area contributed by atoms with Crippen LogP contribution in [0.3, 0.4) is 0 Å². The van der Waals surface area contributed by atoms with Crippen molar-refractivity contribution in [2.45, 2.75) is 33.6 Å². The van der Waals surface area contributed by atoms with Crippen LogP contribution in [-0.4, -0.2) is 46.2 Å². The van der Waals surface area contributed by atoms with E-state index in [4.69, 9.17) is 5.11 Å². The van der Waals surface area contributed by atoms with Crippen LogP contribution in [0.4, 0.5) is 17.5 Å². The largest absolute Gasteiger partial charge is 0.396 e. The highest BCUT2D eigenvalue weighted by Crippen LogP contribution is 2.29. The molecule has 0 unspecified atom stereocenters. The van der Waals surface area contributed by atoms with E-state index in [0.717, 1.165) is 6.42 Å². The number of aliphatic hydroxyl groups is 1. The summed E-state index contributed by atoms with van der Waals surface area (Å²) in [4.78, 5) is 21.1. The number of aromatic nitrogens is 2. The zero-order valence-electron chi connectivity index (χ0n) is 12.8. The van der Waals surface area contributed by atoms with E-state index < -0.39 is 4.92 Å². The van der Waals surface area contributed by atoms with Crippen molar-refractivity contribution in [1.29, 1.82) is 0 Å². The third-order valence-corrected chi connectivity index (χ3v) is 3.02. The number of nitrogens with zero attached hydrogens (tertiary/aromatic N) is 4. The molecule has 2 N–H and O–H groups in total. The normalized spacial score (nSPS) is 10.5. The number of nitro groups is 1. The fourth-order valence-electron chi connectivity index (χ4n) is 1.98. The quantitative estimate of drug-likeness (QED) is 0.528. The number of nitrogens with one attached hydrogen (secondary N) is 1. The molecule has 1 heterocycles. The monoisotopic (exact) mass is 297 g/mol. The first-order chi connectivity index (χ1) is 10.0. The first-order valence-corrected chi connectivity index (χ1v) is 7.17. The molecule has 8 nitrogen and oxygen atoms in total. The first kappa shape index (κ1) is 17.1. The molecule has 0 atom stereocenters. The molecule has 1 aromatic rings. The SMILES string of the molecule is CCCNc1nc(C)c([N+](=O)[O-])c(N(CC)CCCO)n1. The van der Waals surface area contributed by atoms with Crippen LogP contribution in [0.25, 0.3) is 0 Å². The molecule has 0 aliphatic rings. The van der Waals surface area contributed by atoms with Gasteiger partial charge < -0.3 is 15.3 Å². The van der Waals surface area contributed by atoms with Gasteiger partial charge in [0.2, 0.25) is 11.8 Å². The van der Waals surface area contributed by atoms with Crippen LogP contribution < -0.4 is 10.2 Å². The van der Waals surface area contributed by atoms with Crippen molar-refractivity contribution in [2.75, 3.05) is 36.5 Å². The van der Waals surface area contributed by atoms with E-state index in [1.807, 2.05) is 13.8 Å². The van der Waals surface area contributed by atoms with Gasteiger partial charge in [0.25, 0.3) is 0 Å². The minimum absolute atomic E-state index is 0.0370. The summed E-state index contributed by atoms with van der Waals surface area (Å²) in [6.07, 6.45) is 1.45. The van der Waals surface area contributed by atoms with Gasteiger partial charge in [-0.25, -0.2) is 4.98 Å². The lowest BCUT2D eigenvalue weighted by Crippen LogP contribution is -2.27. The molecule has 1 aromatic heterocycles. The highest BCUT2D eigenvalue weighted by Gasteiger charge is 2.25. The summed E-state index contributed by atoms with van der Waals surface area (Å²) in [6, 6.07) is 0. The number of hydrogen-bond donors (Lipinski definition) is 2. The van der Waals surface area contributed by atoms with Crippen molar-refractivity contribution in [3.05, 3.63) is 15.8 Å².